The van der Waals surface area contributed by atoms with Gasteiger partial charge in [0.1, 0.15) is 24.4 Å². The molecule has 0 saturated carbocycles. The highest BCUT2D eigenvalue weighted by atomic mass is 19.1. The normalized spacial score (nSPS) is 12.4. The van der Waals surface area contributed by atoms with Crippen molar-refractivity contribution in [3.63, 3.8) is 0 Å². The Labute approximate surface area is 161 Å². The topological polar surface area (TPSA) is 13.1 Å². The number of aryl methyl sites for hydroxylation is 2. The van der Waals surface area contributed by atoms with Crippen LogP contribution in [0.25, 0.3) is 43.6 Å². The summed E-state index contributed by atoms with van der Waals surface area (Å²) in [5.74, 6) is 1.33. The van der Waals surface area contributed by atoms with Crippen molar-refractivity contribution in [2.24, 2.45) is 7.05 Å². The molecule has 0 atom stereocenters. The number of ether oxygens (including phenoxy) is 1. The minimum atomic E-state index is -0.227. The second-order valence-corrected chi connectivity index (χ2v) is 7.48. The Balaban J connectivity index is 1.87. The molecule has 0 unspecified atom stereocenters. The SMILES string of the molecule is Cc1c2c(cc3ccccc13)Oc1c3cccc(F)c3cc3cc[n+](C)c-2c13. The van der Waals surface area contributed by atoms with Crippen LogP contribution < -0.4 is 9.30 Å². The van der Waals surface area contributed by atoms with Crippen LogP contribution in [-0.2, 0) is 7.05 Å². The first-order valence-corrected chi connectivity index (χ1v) is 9.37. The van der Waals surface area contributed by atoms with E-state index in [9.17, 15) is 4.39 Å². The molecule has 6 rings (SSSR count). The van der Waals surface area contributed by atoms with Gasteiger partial charge in [-0.3, -0.25) is 0 Å². The highest BCUT2D eigenvalue weighted by Gasteiger charge is 2.31. The average Bonchev–Trinajstić information content (AvgIpc) is 2.71. The fraction of sp³-hybridized carbons (Fsp3) is 0.0800. The van der Waals surface area contributed by atoms with Crippen LogP contribution in [0.3, 0.4) is 0 Å². The lowest BCUT2D eigenvalue weighted by molar-refractivity contribution is -0.659. The third-order valence-electron chi connectivity index (χ3n) is 5.90. The van der Waals surface area contributed by atoms with E-state index in [1.807, 2.05) is 30.5 Å². The van der Waals surface area contributed by atoms with Crippen molar-refractivity contribution in [1.82, 2.24) is 0 Å². The van der Waals surface area contributed by atoms with Gasteiger partial charge in [0, 0.05) is 16.8 Å². The Bertz CT molecular complexity index is 1470. The van der Waals surface area contributed by atoms with Crippen molar-refractivity contribution >= 4 is 32.3 Å². The first-order valence-electron chi connectivity index (χ1n) is 9.37. The maximum atomic E-state index is 14.5. The van der Waals surface area contributed by atoms with E-state index >= 15 is 0 Å². The summed E-state index contributed by atoms with van der Waals surface area (Å²) in [6, 6.07) is 19.6. The molecular formula is C25H17FNO+. The molecule has 0 saturated heterocycles. The highest BCUT2D eigenvalue weighted by Crippen LogP contribution is 2.50. The van der Waals surface area contributed by atoms with Gasteiger partial charge in [-0.2, -0.15) is 0 Å². The molecule has 5 aromatic rings. The van der Waals surface area contributed by atoms with Crippen LogP contribution in [0.5, 0.6) is 11.5 Å². The molecule has 0 fully saturated rings. The lowest BCUT2D eigenvalue weighted by Gasteiger charge is -2.23. The number of hydrogen-bond donors (Lipinski definition) is 0. The Morgan fingerprint density at radius 3 is 2.57 bits per heavy atom. The third-order valence-corrected chi connectivity index (χ3v) is 5.90. The van der Waals surface area contributed by atoms with E-state index in [0.29, 0.717) is 5.39 Å². The van der Waals surface area contributed by atoms with E-state index in [0.717, 1.165) is 44.3 Å². The number of aromatic nitrogens is 1. The smallest absolute Gasteiger partial charge is 0.228 e. The van der Waals surface area contributed by atoms with Gasteiger partial charge >= 0.3 is 0 Å². The van der Waals surface area contributed by atoms with E-state index in [2.05, 4.69) is 42.8 Å². The predicted octanol–water partition coefficient (Wildman–Crippen LogP) is 6.19. The van der Waals surface area contributed by atoms with E-state index in [1.165, 1.54) is 17.0 Å². The van der Waals surface area contributed by atoms with Gasteiger partial charge < -0.3 is 4.74 Å². The standard InChI is InChI=1S/C25H17FNO/c1-14-17-7-4-3-6-15(17)13-21-22(14)24-23-16(10-11-27(24)2)12-19-18(25(23)28-21)8-5-9-20(19)26/h3-13H,1-2H3/q+1. The first-order chi connectivity index (χ1) is 13.6. The number of hydrogen-bond acceptors (Lipinski definition) is 1. The molecule has 2 nitrogen and oxygen atoms in total. The Morgan fingerprint density at radius 1 is 0.857 bits per heavy atom. The summed E-state index contributed by atoms with van der Waals surface area (Å²) in [5.41, 5.74) is 3.42. The van der Waals surface area contributed by atoms with E-state index < -0.39 is 0 Å². The van der Waals surface area contributed by atoms with Crippen molar-refractivity contribution in [2.45, 2.75) is 6.92 Å². The zero-order valence-corrected chi connectivity index (χ0v) is 15.6. The van der Waals surface area contributed by atoms with Gasteiger partial charge in [0.15, 0.2) is 6.20 Å². The molecule has 0 N–H and O–H groups in total. The maximum Gasteiger partial charge on any atom is 0.228 e. The van der Waals surface area contributed by atoms with Crippen LogP contribution >= 0.6 is 0 Å². The number of rotatable bonds is 0. The zero-order valence-electron chi connectivity index (χ0n) is 15.6. The summed E-state index contributed by atoms with van der Waals surface area (Å²) in [7, 11) is 2.05. The molecule has 0 bridgehead atoms. The third kappa shape index (κ3) is 1.88. The quantitative estimate of drug-likeness (QED) is 0.231. The Hall–Kier alpha value is -3.46. The van der Waals surface area contributed by atoms with Gasteiger partial charge in [-0.15, -0.1) is 0 Å². The lowest BCUT2D eigenvalue weighted by Crippen LogP contribution is -2.31. The number of benzene rings is 4. The monoisotopic (exact) mass is 366 g/mol. The van der Waals surface area contributed by atoms with Crippen molar-refractivity contribution < 1.29 is 13.7 Å². The van der Waals surface area contributed by atoms with Gasteiger partial charge in [0.25, 0.3) is 0 Å². The van der Waals surface area contributed by atoms with Crippen LogP contribution in [0.2, 0.25) is 0 Å². The zero-order chi connectivity index (χ0) is 19.0. The molecule has 0 amide bonds. The number of pyridine rings is 1. The summed E-state index contributed by atoms with van der Waals surface area (Å²) in [5, 5.41) is 5.77. The molecule has 0 spiro atoms. The summed E-state index contributed by atoms with van der Waals surface area (Å²) in [6.45, 7) is 2.15. The summed E-state index contributed by atoms with van der Waals surface area (Å²) >= 11 is 0. The number of nitrogens with zero attached hydrogens (tertiary/aromatic N) is 1. The van der Waals surface area contributed by atoms with E-state index in [-0.39, 0.29) is 5.82 Å². The molecule has 1 aliphatic heterocycles. The molecule has 28 heavy (non-hydrogen) atoms. The van der Waals surface area contributed by atoms with E-state index in [4.69, 9.17) is 4.74 Å². The lowest BCUT2D eigenvalue weighted by atomic mass is 9.90. The molecule has 134 valence electrons. The molecule has 0 radical (unpaired) electrons. The maximum absolute atomic E-state index is 14.5. The molecule has 1 aromatic heterocycles. The van der Waals surface area contributed by atoms with Gasteiger partial charge in [-0.1, -0.05) is 36.4 Å². The van der Waals surface area contributed by atoms with Crippen molar-refractivity contribution in [3.8, 4) is 22.8 Å². The van der Waals surface area contributed by atoms with Crippen molar-refractivity contribution in [1.29, 1.82) is 0 Å². The Kier molecular flexibility index (Phi) is 2.95. The van der Waals surface area contributed by atoms with E-state index in [1.54, 1.807) is 6.07 Å². The molecule has 1 aliphatic rings. The van der Waals surface area contributed by atoms with Gasteiger partial charge in [-0.05, 0) is 46.8 Å². The van der Waals surface area contributed by atoms with Crippen molar-refractivity contribution in [2.75, 3.05) is 0 Å². The summed E-state index contributed by atoms with van der Waals surface area (Å²) in [6.07, 6.45) is 2.04. The molecule has 3 heteroatoms. The van der Waals surface area contributed by atoms with Crippen LogP contribution in [0.4, 0.5) is 4.39 Å². The van der Waals surface area contributed by atoms with Gasteiger partial charge in [0.2, 0.25) is 5.69 Å². The largest absolute Gasteiger partial charge is 0.455 e. The first kappa shape index (κ1) is 15.6. The van der Waals surface area contributed by atoms with Crippen molar-refractivity contribution in [3.05, 3.63) is 78.2 Å². The second kappa shape index (κ2) is 5.29. The fourth-order valence-corrected chi connectivity index (χ4v) is 4.58. The minimum absolute atomic E-state index is 0.227. The van der Waals surface area contributed by atoms with Crippen LogP contribution in [0.1, 0.15) is 5.56 Å². The summed E-state index contributed by atoms with van der Waals surface area (Å²) < 4.78 is 23.2. The molecule has 0 aliphatic carbocycles. The molecule has 2 heterocycles. The molecule has 4 aromatic carbocycles. The van der Waals surface area contributed by atoms with Crippen LogP contribution in [-0.4, -0.2) is 0 Å². The molecular weight excluding hydrogens is 349 g/mol. The average molecular weight is 366 g/mol. The fourth-order valence-electron chi connectivity index (χ4n) is 4.58. The van der Waals surface area contributed by atoms with Gasteiger partial charge in [-0.25, -0.2) is 8.96 Å². The van der Waals surface area contributed by atoms with Crippen LogP contribution in [0, 0.1) is 12.7 Å². The highest BCUT2D eigenvalue weighted by molar-refractivity contribution is 6.13. The minimum Gasteiger partial charge on any atom is -0.455 e. The summed E-state index contributed by atoms with van der Waals surface area (Å²) in [4.78, 5) is 0. The second-order valence-electron chi connectivity index (χ2n) is 7.48. The Morgan fingerprint density at radius 2 is 1.68 bits per heavy atom. The number of halogens is 1. The number of fused-ring (bicyclic) bond motifs is 5. The van der Waals surface area contributed by atoms with Gasteiger partial charge in [0.05, 0.1) is 10.9 Å². The predicted molar refractivity (Wildman–Crippen MR) is 110 cm³/mol. The van der Waals surface area contributed by atoms with Crippen LogP contribution in [0.15, 0.2) is 66.9 Å².